The van der Waals surface area contributed by atoms with Crippen molar-refractivity contribution in [1.82, 2.24) is 15.3 Å². The normalized spacial score (nSPS) is 22.0. The number of hydrogen-bond acceptors (Lipinski definition) is 3. The van der Waals surface area contributed by atoms with Gasteiger partial charge in [-0.15, -0.1) is 0 Å². The molecule has 0 saturated heterocycles. The highest BCUT2D eigenvalue weighted by Crippen LogP contribution is 2.28. The first-order valence-electron chi connectivity index (χ1n) is 7.50. The Bertz CT molecular complexity index is 593. The Hall–Kier alpha value is -2.00. The summed E-state index contributed by atoms with van der Waals surface area (Å²) in [5.74, 6) is 0. The molecule has 2 aromatic heterocycles. The first kappa shape index (κ1) is 14.0. The summed E-state index contributed by atoms with van der Waals surface area (Å²) in [6.45, 7) is 4.25. The van der Waals surface area contributed by atoms with Crippen LogP contribution in [0.15, 0.2) is 48.8 Å². The van der Waals surface area contributed by atoms with Gasteiger partial charge in [-0.05, 0) is 49.9 Å². The number of nitrogens with one attached hydrogen (secondary N) is 1. The van der Waals surface area contributed by atoms with Crippen LogP contribution in [-0.4, -0.2) is 9.97 Å². The second-order valence-corrected chi connectivity index (χ2v) is 5.63. The summed E-state index contributed by atoms with van der Waals surface area (Å²) < 4.78 is 0. The van der Waals surface area contributed by atoms with Crippen molar-refractivity contribution in [3.63, 3.8) is 0 Å². The van der Waals surface area contributed by atoms with E-state index in [1.165, 1.54) is 11.1 Å². The fourth-order valence-electron chi connectivity index (χ4n) is 2.95. The first-order valence-corrected chi connectivity index (χ1v) is 7.50. The van der Waals surface area contributed by atoms with Crippen LogP contribution in [0.2, 0.25) is 0 Å². The van der Waals surface area contributed by atoms with E-state index < -0.39 is 0 Å². The summed E-state index contributed by atoms with van der Waals surface area (Å²) in [5, 5.41) is 3.74. The zero-order valence-electron chi connectivity index (χ0n) is 12.6. The molecular weight excluding hydrogens is 258 g/mol. The van der Waals surface area contributed by atoms with Crippen molar-refractivity contribution in [3.05, 3.63) is 71.3 Å². The van der Waals surface area contributed by atoms with E-state index in [2.05, 4.69) is 53.4 Å². The third-order valence-electron chi connectivity index (χ3n) is 4.07. The Labute approximate surface area is 126 Å². The molecule has 1 aliphatic rings. The van der Waals surface area contributed by atoms with Crippen molar-refractivity contribution >= 4 is 0 Å². The number of pyridine rings is 2. The van der Waals surface area contributed by atoms with Gasteiger partial charge in [0.05, 0.1) is 23.5 Å². The van der Waals surface area contributed by atoms with Crippen LogP contribution in [-0.2, 0) is 0 Å². The lowest BCUT2D eigenvalue weighted by atomic mass is 10.0. The van der Waals surface area contributed by atoms with E-state index in [-0.39, 0.29) is 12.1 Å². The molecule has 0 amide bonds. The van der Waals surface area contributed by atoms with Crippen LogP contribution in [0.25, 0.3) is 0 Å². The van der Waals surface area contributed by atoms with E-state index >= 15 is 0 Å². The molecule has 0 radical (unpaired) electrons. The number of nitrogens with zero attached hydrogens (tertiary/aromatic N) is 2. The zero-order valence-corrected chi connectivity index (χ0v) is 12.6. The quantitative estimate of drug-likeness (QED) is 0.849. The van der Waals surface area contributed by atoms with Gasteiger partial charge in [-0.2, -0.15) is 0 Å². The van der Waals surface area contributed by atoms with Gasteiger partial charge >= 0.3 is 0 Å². The molecule has 0 saturated carbocycles. The van der Waals surface area contributed by atoms with E-state index in [9.17, 15) is 0 Å². The van der Waals surface area contributed by atoms with E-state index in [1.54, 1.807) is 0 Å². The second-order valence-electron chi connectivity index (χ2n) is 5.63. The minimum absolute atomic E-state index is 0.247. The molecule has 3 heterocycles. The number of hydrogen-bond donors (Lipinski definition) is 1. The Balaban J connectivity index is 1.90. The second kappa shape index (κ2) is 6.19. The summed E-state index contributed by atoms with van der Waals surface area (Å²) in [6.07, 6.45) is 10.2. The van der Waals surface area contributed by atoms with Gasteiger partial charge < -0.3 is 0 Å². The molecule has 3 nitrogen and oxygen atoms in total. The molecule has 0 aromatic carbocycles. The van der Waals surface area contributed by atoms with Gasteiger partial charge in [-0.1, -0.05) is 24.3 Å². The number of aromatic nitrogens is 2. The van der Waals surface area contributed by atoms with Crippen molar-refractivity contribution in [3.8, 4) is 0 Å². The maximum Gasteiger partial charge on any atom is 0.0605 e. The average molecular weight is 279 g/mol. The molecule has 0 spiro atoms. The lowest BCUT2D eigenvalue weighted by molar-refractivity contribution is 0.443. The monoisotopic (exact) mass is 279 g/mol. The van der Waals surface area contributed by atoms with Crippen LogP contribution in [0, 0.1) is 13.8 Å². The molecule has 2 aromatic rings. The highest BCUT2D eigenvalue weighted by atomic mass is 15.0. The molecule has 0 aliphatic carbocycles. The van der Waals surface area contributed by atoms with E-state index in [0.29, 0.717) is 0 Å². The van der Waals surface area contributed by atoms with Gasteiger partial charge in [0.15, 0.2) is 0 Å². The van der Waals surface area contributed by atoms with E-state index in [4.69, 9.17) is 0 Å². The highest BCUT2D eigenvalue weighted by molar-refractivity contribution is 5.26. The van der Waals surface area contributed by atoms with Gasteiger partial charge in [0.1, 0.15) is 0 Å². The number of rotatable bonds is 2. The standard InChI is InChI=1S/C18H21N3/c1-13-7-5-11-19-17(13)15-9-3-4-10-16(21-15)18-14(2)8-6-12-20-18/h3-8,11-12,15-16,21H,9-10H2,1-2H3. The largest absolute Gasteiger partial charge is 0.300 e. The molecule has 3 rings (SSSR count). The Morgan fingerprint density at radius 1 is 0.857 bits per heavy atom. The van der Waals surface area contributed by atoms with Crippen molar-refractivity contribution in [2.45, 2.75) is 38.8 Å². The summed E-state index contributed by atoms with van der Waals surface area (Å²) >= 11 is 0. The van der Waals surface area contributed by atoms with Crippen LogP contribution in [0.5, 0.6) is 0 Å². The first-order chi connectivity index (χ1) is 10.3. The van der Waals surface area contributed by atoms with Crippen molar-refractivity contribution in [2.24, 2.45) is 0 Å². The third-order valence-corrected chi connectivity index (χ3v) is 4.07. The minimum Gasteiger partial charge on any atom is -0.300 e. The number of aryl methyl sites for hydroxylation is 2. The molecule has 1 N–H and O–H groups in total. The Kier molecular flexibility index (Phi) is 4.11. The maximum atomic E-state index is 4.58. The summed E-state index contributed by atoms with van der Waals surface area (Å²) in [5.41, 5.74) is 4.76. The SMILES string of the molecule is Cc1cccnc1C1CC=CCC(c2ncccc2C)N1. The molecule has 108 valence electrons. The lowest BCUT2D eigenvalue weighted by Crippen LogP contribution is -2.27. The Morgan fingerprint density at radius 2 is 1.33 bits per heavy atom. The van der Waals surface area contributed by atoms with Crippen molar-refractivity contribution in [1.29, 1.82) is 0 Å². The highest BCUT2D eigenvalue weighted by Gasteiger charge is 2.23. The lowest BCUT2D eigenvalue weighted by Gasteiger charge is -2.24. The molecule has 0 bridgehead atoms. The van der Waals surface area contributed by atoms with Crippen LogP contribution in [0.4, 0.5) is 0 Å². The summed E-state index contributed by atoms with van der Waals surface area (Å²) in [4.78, 5) is 9.15. The molecule has 2 atom stereocenters. The summed E-state index contributed by atoms with van der Waals surface area (Å²) in [7, 11) is 0. The molecular formula is C18H21N3. The van der Waals surface area contributed by atoms with Crippen molar-refractivity contribution < 1.29 is 0 Å². The minimum atomic E-state index is 0.247. The fourth-order valence-corrected chi connectivity index (χ4v) is 2.95. The zero-order chi connectivity index (χ0) is 14.7. The summed E-state index contributed by atoms with van der Waals surface area (Å²) in [6, 6.07) is 8.73. The predicted molar refractivity (Wildman–Crippen MR) is 84.9 cm³/mol. The molecule has 21 heavy (non-hydrogen) atoms. The molecule has 0 fully saturated rings. The molecule has 3 heteroatoms. The van der Waals surface area contributed by atoms with E-state index in [0.717, 1.165) is 24.2 Å². The van der Waals surface area contributed by atoms with Gasteiger partial charge in [0, 0.05) is 12.4 Å². The molecule has 2 unspecified atom stereocenters. The molecule has 1 aliphatic heterocycles. The maximum absolute atomic E-state index is 4.58. The van der Waals surface area contributed by atoms with Crippen molar-refractivity contribution in [2.75, 3.05) is 0 Å². The Morgan fingerprint density at radius 3 is 1.76 bits per heavy atom. The van der Waals surface area contributed by atoms with Gasteiger partial charge in [0.25, 0.3) is 0 Å². The fraction of sp³-hybridized carbons (Fsp3) is 0.333. The van der Waals surface area contributed by atoms with Crippen LogP contribution < -0.4 is 5.32 Å². The predicted octanol–water partition coefficient (Wildman–Crippen LogP) is 3.82. The smallest absolute Gasteiger partial charge is 0.0605 e. The third kappa shape index (κ3) is 3.03. The van der Waals surface area contributed by atoms with E-state index in [1.807, 2.05) is 24.5 Å². The van der Waals surface area contributed by atoms with Crippen LogP contribution >= 0.6 is 0 Å². The van der Waals surface area contributed by atoms with Gasteiger partial charge in [-0.25, -0.2) is 0 Å². The topological polar surface area (TPSA) is 37.8 Å². The van der Waals surface area contributed by atoms with Crippen LogP contribution in [0.1, 0.15) is 47.4 Å². The van der Waals surface area contributed by atoms with Crippen LogP contribution in [0.3, 0.4) is 0 Å². The van der Waals surface area contributed by atoms with Gasteiger partial charge in [0.2, 0.25) is 0 Å². The van der Waals surface area contributed by atoms with Gasteiger partial charge in [-0.3, -0.25) is 15.3 Å². The average Bonchev–Trinajstić information content (AvgIpc) is 2.74.